The molecule has 3 aliphatic rings. The van der Waals surface area contributed by atoms with Crippen LogP contribution in [0.4, 0.5) is 4.79 Å². The van der Waals surface area contributed by atoms with Crippen LogP contribution in [0.25, 0.3) is 0 Å². The number of carbonyl (C=O) groups is 6. The minimum absolute atomic E-state index is 0.0217. The molecule has 1 saturated heterocycles. The van der Waals surface area contributed by atoms with Crippen LogP contribution in [0.1, 0.15) is 80.2 Å². The molecule has 1 aliphatic heterocycles. The normalized spacial score (nSPS) is 23.7. The van der Waals surface area contributed by atoms with Gasteiger partial charge >= 0.3 is 12.0 Å². The van der Waals surface area contributed by atoms with Gasteiger partial charge in [-0.2, -0.15) is 0 Å². The molecule has 2 heterocycles. The zero-order chi connectivity index (χ0) is 34.4. The van der Waals surface area contributed by atoms with E-state index in [1.165, 1.54) is 17.4 Å². The first-order valence-corrected chi connectivity index (χ1v) is 15.9. The lowest BCUT2D eigenvalue weighted by Crippen LogP contribution is -2.62. The number of esters is 1. The Bertz CT molecular complexity index is 1350. The van der Waals surface area contributed by atoms with E-state index in [-0.39, 0.29) is 41.6 Å². The number of nitrogens with two attached hydrogens (primary N) is 1. The SMILES string of the molecule is CC(C)(C)C[C@H](NC(=O)N[C@H](C(=O)N1C[C@H]2[C@@H]([C@H]1C(=O)NC(C(=O)C(N)=O)C1CC1)C2(C)C)C(C)(C)C)C(=O)OCc1ccoc1. The topological polar surface area (TPSA) is 190 Å². The summed E-state index contributed by atoms with van der Waals surface area (Å²) in [4.78, 5) is 80.2. The highest BCUT2D eigenvalue weighted by Crippen LogP contribution is 2.65. The molecule has 3 fully saturated rings. The van der Waals surface area contributed by atoms with Gasteiger partial charge in [0, 0.05) is 12.1 Å². The molecule has 254 valence electrons. The van der Waals surface area contributed by atoms with Crippen LogP contribution in [0.3, 0.4) is 0 Å². The number of likely N-dealkylation sites (tertiary alicyclic amines) is 1. The number of ketones is 1. The molecular weight excluding hydrogens is 594 g/mol. The number of ether oxygens (including phenoxy) is 1. The van der Waals surface area contributed by atoms with Gasteiger partial charge in [0.2, 0.25) is 17.6 Å². The van der Waals surface area contributed by atoms with E-state index >= 15 is 0 Å². The zero-order valence-electron chi connectivity index (χ0n) is 28.1. The van der Waals surface area contributed by atoms with Gasteiger partial charge < -0.3 is 35.7 Å². The number of hydrogen-bond acceptors (Lipinski definition) is 8. The number of Topliss-reactive ketones (excluding diaryl/α,β-unsaturated/α-hetero) is 1. The van der Waals surface area contributed by atoms with E-state index in [0.29, 0.717) is 24.9 Å². The second kappa shape index (κ2) is 12.7. The monoisotopic (exact) mass is 643 g/mol. The number of amides is 5. The molecule has 6 atom stereocenters. The van der Waals surface area contributed by atoms with E-state index in [1.807, 2.05) is 34.6 Å². The third kappa shape index (κ3) is 7.90. The molecule has 0 spiro atoms. The average Bonchev–Trinajstić information content (AvgIpc) is 3.68. The maximum Gasteiger partial charge on any atom is 0.329 e. The number of nitrogens with zero attached hydrogens (tertiary/aromatic N) is 1. The summed E-state index contributed by atoms with van der Waals surface area (Å²) in [6.45, 7) is 15.5. The van der Waals surface area contributed by atoms with E-state index in [4.69, 9.17) is 14.9 Å². The zero-order valence-corrected chi connectivity index (χ0v) is 28.1. The molecule has 0 radical (unpaired) electrons. The summed E-state index contributed by atoms with van der Waals surface area (Å²) in [5.74, 6) is -3.83. The molecular formula is C33H49N5O8. The van der Waals surface area contributed by atoms with Crippen molar-refractivity contribution >= 4 is 35.5 Å². The summed E-state index contributed by atoms with van der Waals surface area (Å²) < 4.78 is 10.5. The molecule has 2 aliphatic carbocycles. The summed E-state index contributed by atoms with van der Waals surface area (Å²) in [5, 5.41) is 8.22. The summed E-state index contributed by atoms with van der Waals surface area (Å²) in [6, 6.07) is -3.04. The molecule has 1 aromatic heterocycles. The van der Waals surface area contributed by atoms with Gasteiger partial charge in [-0.3, -0.25) is 19.2 Å². The third-order valence-corrected chi connectivity index (χ3v) is 9.43. The van der Waals surface area contributed by atoms with Gasteiger partial charge in [0.15, 0.2) is 0 Å². The summed E-state index contributed by atoms with van der Waals surface area (Å²) in [7, 11) is 0. The third-order valence-electron chi connectivity index (χ3n) is 9.43. The number of hydrogen-bond donors (Lipinski definition) is 4. The van der Waals surface area contributed by atoms with Crippen molar-refractivity contribution < 1.29 is 37.9 Å². The van der Waals surface area contributed by atoms with Gasteiger partial charge in [0.05, 0.1) is 12.5 Å². The molecule has 2 saturated carbocycles. The molecule has 13 heteroatoms. The minimum Gasteiger partial charge on any atom is -0.472 e. The van der Waals surface area contributed by atoms with Crippen molar-refractivity contribution in [3.63, 3.8) is 0 Å². The van der Waals surface area contributed by atoms with Crippen molar-refractivity contribution in [2.75, 3.05) is 6.54 Å². The number of carbonyl (C=O) groups excluding carboxylic acids is 6. The second-order valence-corrected chi connectivity index (χ2v) is 15.9. The van der Waals surface area contributed by atoms with Crippen molar-refractivity contribution in [2.45, 2.75) is 105 Å². The molecule has 4 rings (SSSR count). The fourth-order valence-electron chi connectivity index (χ4n) is 6.61. The van der Waals surface area contributed by atoms with E-state index in [2.05, 4.69) is 16.0 Å². The number of urea groups is 1. The average molecular weight is 644 g/mol. The van der Waals surface area contributed by atoms with Crippen LogP contribution in [0.5, 0.6) is 0 Å². The van der Waals surface area contributed by atoms with Crippen molar-refractivity contribution in [1.29, 1.82) is 0 Å². The Morgan fingerprint density at radius 3 is 2.22 bits per heavy atom. The van der Waals surface area contributed by atoms with Gasteiger partial charge in [0.25, 0.3) is 5.91 Å². The van der Waals surface area contributed by atoms with E-state index in [9.17, 15) is 28.8 Å². The van der Waals surface area contributed by atoms with Gasteiger partial charge in [-0.25, -0.2) is 9.59 Å². The largest absolute Gasteiger partial charge is 0.472 e. The Morgan fingerprint density at radius 1 is 1.04 bits per heavy atom. The van der Waals surface area contributed by atoms with E-state index < -0.39 is 65.1 Å². The smallest absolute Gasteiger partial charge is 0.329 e. The summed E-state index contributed by atoms with van der Waals surface area (Å²) >= 11 is 0. The number of furan rings is 1. The predicted molar refractivity (Wildman–Crippen MR) is 166 cm³/mol. The number of nitrogens with one attached hydrogen (secondary N) is 3. The molecule has 13 nitrogen and oxygen atoms in total. The summed E-state index contributed by atoms with van der Waals surface area (Å²) in [5.41, 5.74) is 4.60. The van der Waals surface area contributed by atoms with Crippen LogP contribution in [0.2, 0.25) is 0 Å². The van der Waals surface area contributed by atoms with Crippen LogP contribution >= 0.6 is 0 Å². The van der Waals surface area contributed by atoms with Crippen LogP contribution in [-0.2, 0) is 35.3 Å². The molecule has 1 aromatic rings. The lowest BCUT2D eigenvalue weighted by atomic mass is 9.85. The molecule has 5 amide bonds. The Balaban J connectivity index is 1.50. The lowest BCUT2D eigenvalue weighted by Gasteiger charge is -2.38. The van der Waals surface area contributed by atoms with Crippen molar-refractivity contribution in [1.82, 2.24) is 20.9 Å². The van der Waals surface area contributed by atoms with Crippen molar-refractivity contribution in [2.24, 2.45) is 39.7 Å². The van der Waals surface area contributed by atoms with Gasteiger partial charge in [-0.1, -0.05) is 55.4 Å². The van der Waals surface area contributed by atoms with Crippen LogP contribution in [0.15, 0.2) is 23.0 Å². The van der Waals surface area contributed by atoms with E-state index in [0.717, 1.165) is 0 Å². The number of fused-ring (bicyclic) bond motifs is 1. The second-order valence-electron chi connectivity index (χ2n) is 15.9. The lowest BCUT2D eigenvalue weighted by molar-refractivity contribution is -0.148. The standard InChI is InChI=1S/C33H49N5O8/c1-31(2,3)13-20(29(43)46-16-17-11-12-45-15-17)35-30(44)37-25(32(4,5)6)28(42)38-14-19-21(33(19,7)8)23(38)27(41)36-22(18-9-10-18)24(39)26(34)40/h11-12,15,18-23,25H,9-10,13-14,16H2,1-8H3,(H2,34,40)(H,36,41)(H2,35,37,44)/t19-,20-,21-,22?,23-,25+/m0/s1. The highest BCUT2D eigenvalue weighted by atomic mass is 16.5. The first kappa shape index (κ1) is 35.0. The minimum atomic E-state index is -1.11. The summed E-state index contributed by atoms with van der Waals surface area (Å²) in [6.07, 6.45) is 4.58. The Morgan fingerprint density at radius 2 is 1.70 bits per heavy atom. The Hall–Kier alpha value is -3.90. The molecule has 5 N–H and O–H groups in total. The van der Waals surface area contributed by atoms with E-state index in [1.54, 1.807) is 26.8 Å². The van der Waals surface area contributed by atoms with Crippen LogP contribution < -0.4 is 21.7 Å². The fraction of sp³-hybridized carbons (Fsp3) is 0.697. The van der Waals surface area contributed by atoms with Crippen molar-refractivity contribution in [3.8, 4) is 0 Å². The number of piperidine rings is 1. The maximum absolute atomic E-state index is 14.2. The van der Waals surface area contributed by atoms with Gasteiger partial charge in [-0.05, 0) is 59.3 Å². The van der Waals surface area contributed by atoms with Gasteiger partial charge in [0.1, 0.15) is 30.8 Å². The number of primary amides is 1. The number of rotatable bonds is 12. The Kier molecular flexibility index (Phi) is 9.66. The van der Waals surface area contributed by atoms with Crippen LogP contribution in [-0.4, -0.2) is 71.1 Å². The Labute approximate surface area is 270 Å². The van der Waals surface area contributed by atoms with Crippen molar-refractivity contribution in [3.05, 3.63) is 24.2 Å². The maximum atomic E-state index is 14.2. The highest BCUT2D eigenvalue weighted by Gasteiger charge is 2.70. The molecule has 46 heavy (non-hydrogen) atoms. The molecule has 0 bridgehead atoms. The fourth-order valence-corrected chi connectivity index (χ4v) is 6.61. The van der Waals surface area contributed by atoms with Gasteiger partial charge in [-0.15, -0.1) is 0 Å². The first-order chi connectivity index (χ1) is 21.2. The molecule has 1 unspecified atom stereocenters. The van der Waals surface area contributed by atoms with Crippen LogP contribution in [0, 0.1) is 34.0 Å². The molecule has 0 aromatic carbocycles. The first-order valence-electron chi connectivity index (χ1n) is 15.9. The predicted octanol–water partition coefficient (Wildman–Crippen LogP) is 2.27. The highest BCUT2D eigenvalue weighted by molar-refractivity contribution is 6.38. The quantitative estimate of drug-likeness (QED) is 0.197.